The molecular weight excluding hydrogens is 323 g/mol. The Bertz CT molecular complexity index is 757. The third kappa shape index (κ3) is 4.32. The molecule has 1 aromatic heterocycles. The summed E-state index contributed by atoms with van der Waals surface area (Å²) in [7, 11) is -3.72. The van der Waals surface area contributed by atoms with E-state index in [2.05, 4.69) is 5.32 Å². The Hall–Kier alpha value is -2.35. The van der Waals surface area contributed by atoms with Crippen LogP contribution in [0, 0.1) is 5.82 Å². The van der Waals surface area contributed by atoms with Crippen LogP contribution in [-0.2, 0) is 21.4 Å². The first-order valence-electron chi connectivity index (χ1n) is 6.84. The number of anilines is 1. The van der Waals surface area contributed by atoms with Gasteiger partial charge in [0.2, 0.25) is 15.9 Å². The minimum Gasteiger partial charge on any atom is -0.467 e. The predicted octanol–water partition coefficient (Wildman–Crippen LogP) is 1.89. The number of rotatable bonds is 6. The van der Waals surface area contributed by atoms with E-state index in [9.17, 15) is 17.6 Å². The number of sulfonamides is 1. The molecule has 0 fully saturated rings. The van der Waals surface area contributed by atoms with Gasteiger partial charge in [0, 0.05) is 0 Å². The molecule has 2 rings (SSSR count). The third-order valence-corrected chi connectivity index (χ3v) is 4.43. The average Bonchev–Trinajstić information content (AvgIpc) is 2.99. The van der Waals surface area contributed by atoms with Gasteiger partial charge in [0.1, 0.15) is 17.6 Å². The van der Waals surface area contributed by atoms with Crippen molar-refractivity contribution in [2.45, 2.75) is 19.5 Å². The van der Waals surface area contributed by atoms with Gasteiger partial charge in [-0.25, -0.2) is 12.8 Å². The summed E-state index contributed by atoms with van der Waals surface area (Å²) < 4.78 is 43.1. The molecule has 1 amide bonds. The molecule has 8 heteroatoms. The molecular formula is C15H17FN2O4S. The minimum absolute atomic E-state index is 0.150. The number of hydrogen-bond donors (Lipinski definition) is 1. The molecule has 0 spiro atoms. The molecule has 0 saturated heterocycles. The van der Waals surface area contributed by atoms with E-state index >= 15 is 0 Å². The van der Waals surface area contributed by atoms with Crippen LogP contribution in [0.2, 0.25) is 0 Å². The minimum atomic E-state index is -3.72. The summed E-state index contributed by atoms with van der Waals surface area (Å²) in [5, 5.41) is 2.61. The topological polar surface area (TPSA) is 79.6 Å². The van der Waals surface area contributed by atoms with E-state index in [0.29, 0.717) is 5.76 Å². The van der Waals surface area contributed by atoms with E-state index in [1.165, 1.54) is 25.3 Å². The number of halogens is 1. The highest BCUT2D eigenvalue weighted by Crippen LogP contribution is 2.21. The number of furan rings is 1. The van der Waals surface area contributed by atoms with Crippen molar-refractivity contribution in [2.24, 2.45) is 0 Å². The van der Waals surface area contributed by atoms with Gasteiger partial charge in [0.15, 0.2) is 0 Å². The molecule has 0 radical (unpaired) electrons. The largest absolute Gasteiger partial charge is 0.467 e. The van der Waals surface area contributed by atoms with E-state index in [0.717, 1.165) is 22.7 Å². The molecule has 0 saturated carbocycles. The molecule has 0 aliphatic rings. The molecule has 124 valence electrons. The molecule has 1 unspecified atom stereocenters. The van der Waals surface area contributed by atoms with Crippen LogP contribution in [0.4, 0.5) is 10.1 Å². The Labute approximate surface area is 134 Å². The molecule has 1 aromatic carbocycles. The molecule has 6 nitrogen and oxygen atoms in total. The fraction of sp³-hybridized carbons (Fsp3) is 0.267. The molecule has 1 heterocycles. The molecule has 0 bridgehead atoms. The molecule has 0 aliphatic carbocycles. The Morgan fingerprint density at radius 1 is 1.30 bits per heavy atom. The summed E-state index contributed by atoms with van der Waals surface area (Å²) in [6.45, 7) is 1.61. The number of nitrogens with zero attached hydrogens (tertiary/aromatic N) is 1. The van der Waals surface area contributed by atoms with E-state index in [1.54, 1.807) is 12.1 Å². The van der Waals surface area contributed by atoms with Crippen LogP contribution >= 0.6 is 0 Å². The van der Waals surface area contributed by atoms with Gasteiger partial charge in [-0.15, -0.1) is 0 Å². The lowest BCUT2D eigenvalue weighted by Crippen LogP contribution is -2.47. The van der Waals surface area contributed by atoms with Crippen molar-refractivity contribution in [1.82, 2.24) is 5.32 Å². The fourth-order valence-corrected chi connectivity index (χ4v) is 3.31. The van der Waals surface area contributed by atoms with Crippen molar-refractivity contribution in [3.8, 4) is 0 Å². The SMILES string of the molecule is CC(C(=O)NCc1ccco1)N(c1ccc(F)cc1)S(C)(=O)=O. The Kier molecular flexibility index (Phi) is 5.05. The van der Waals surface area contributed by atoms with Gasteiger partial charge in [-0.2, -0.15) is 0 Å². The Morgan fingerprint density at radius 3 is 2.48 bits per heavy atom. The standard InChI is InChI=1S/C15H17FN2O4S/c1-11(15(19)17-10-14-4-3-9-22-14)18(23(2,20)21)13-7-5-12(16)6-8-13/h3-9,11H,10H2,1-2H3,(H,17,19). The molecule has 1 N–H and O–H groups in total. The smallest absolute Gasteiger partial charge is 0.243 e. The van der Waals surface area contributed by atoms with Gasteiger partial charge in [-0.3, -0.25) is 9.10 Å². The van der Waals surface area contributed by atoms with E-state index < -0.39 is 27.8 Å². The normalized spacial score (nSPS) is 12.7. The van der Waals surface area contributed by atoms with Crippen LogP contribution in [0.1, 0.15) is 12.7 Å². The second-order valence-electron chi connectivity index (χ2n) is 5.01. The quantitative estimate of drug-likeness (QED) is 0.871. The van der Waals surface area contributed by atoms with Crippen molar-refractivity contribution in [2.75, 3.05) is 10.6 Å². The number of hydrogen-bond acceptors (Lipinski definition) is 4. The van der Waals surface area contributed by atoms with Crippen molar-refractivity contribution >= 4 is 21.6 Å². The monoisotopic (exact) mass is 340 g/mol. The van der Waals surface area contributed by atoms with E-state index in [-0.39, 0.29) is 12.2 Å². The molecule has 1 atom stereocenters. The second kappa shape index (κ2) is 6.82. The highest BCUT2D eigenvalue weighted by atomic mass is 32.2. The number of carbonyl (C=O) groups excluding carboxylic acids is 1. The van der Waals surface area contributed by atoms with E-state index in [1.807, 2.05) is 0 Å². The predicted molar refractivity (Wildman–Crippen MR) is 83.7 cm³/mol. The number of carbonyl (C=O) groups is 1. The zero-order valence-electron chi connectivity index (χ0n) is 12.7. The lowest BCUT2D eigenvalue weighted by molar-refractivity contribution is -0.122. The zero-order valence-corrected chi connectivity index (χ0v) is 13.5. The second-order valence-corrected chi connectivity index (χ2v) is 6.87. The van der Waals surface area contributed by atoms with E-state index in [4.69, 9.17) is 4.42 Å². The van der Waals surface area contributed by atoms with Gasteiger partial charge in [0.05, 0.1) is 24.8 Å². The molecule has 23 heavy (non-hydrogen) atoms. The van der Waals surface area contributed by atoms with Crippen LogP contribution in [-0.4, -0.2) is 26.6 Å². The number of nitrogens with one attached hydrogen (secondary N) is 1. The van der Waals surface area contributed by atoms with Crippen molar-refractivity contribution < 1.29 is 22.0 Å². The van der Waals surface area contributed by atoms with Crippen LogP contribution in [0.5, 0.6) is 0 Å². The number of benzene rings is 1. The maximum Gasteiger partial charge on any atom is 0.243 e. The first kappa shape index (κ1) is 17.0. The lowest BCUT2D eigenvalue weighted by atomic mass is 10.2. The summed E-state index contributed by atoms with van der Waals surface area (Å²) in [5.41, 5.74) is 0.217. The zero-order chi connectivity index (χ0) is 17.0. The van der Waals surface area contributed by atoms with Gasteiger partial charge < -0.3 is 9.73 Å². The van der Waals surface area contributed by atoms with Gasteiger partial charge >= 0.3 is 0 Å². The maximum absolute atomic E-state index is 13.0. The van der Waals surface area contributed by atoms with Gasteiger partial charge in [0.25, 0.3) is 0 Å². The van der Waals surface area contributed by atoms with Crippen molar-refractivity contribution in [3.63, 3.8) is 0 Å². The van der Waals surface area contributed by atoms with Gasteiger partial charge in [-0.05, 0) is 43.3 Å². The third-order valence-electron chi connectivity index (χ3n) is 3.19. The van der Waals surface area contributed by atoms with Crippen LogP contribution in [0.25, 0.3) is 0 Å². The summed E-state index contributed by atoms with van der Waals surface area (Å²) in [6, 6.07) is 7.29. The fourth-order valence-electron chi connectivity index (χ4n) is 2.13. The van der Waals surface area contributed by atoms with Crippen LogP contribution in [0.3, 0.4) is 0 Å². The Morgan fingerprint density at radius 2 is 1.96 bits per heavy atom. The van der Waals surface area contributed by atoms with Crippen molar-refractivity contribution in [1.29, 1.82) is 0 Å². The maximum atomic E-state index is 13.0. The highest BCUT2D eigenvalue weighted by Gasteiger charge is 2.29. The van der Waals surface area contributed by atoms with Gasteiger partial charge in [-0.1, -0.05) is 0 Å². The number of amides is 1. The molecule has 0 aliphatic heterocycles. The summed E-state index contributed by atoms with van der Waals surface area (Å²) in [6.07, 6.45) is 2.47. The summed E-state index contributed by atoms with van der Waals surface area (Å²) >= 11 is 0. The lowest BCUT2D eigenvalue weighted by Gasteiger charge is -2.28. The first-order valence-corrected chi connectivity index (χ1v) is 8.69. The first-order chi connectivity index (χ1) is 10.8. The van der Waals surface area contributed by atoms with Crippen molar-refractivity contribution in [3.05, 3.63) is 54.2 Å². The van der Waals surface area contributed by atoms with Crippen LogP contribution in [0.15, 0.2) is 47.1 Å². The highest BCUT2D eigenvalue weighted by molar-refractivity contribution is 7.92. The summed E-state index contributed by atoms with van der Waals surface area (Å²) in [4.78, 5) is 12.2. The van der Waals surface area contributed by atoms with Crippen LogP contribution < -0.4 is 9.62 Å². The summed E-state index contributed by atoms with van der Waals surface area (Å²) in [5.74, 6) is -0.425. The average molecular weight is 340 g/mol. The molecule has 2 aromatic rings. The Balaban J connectivity index is 2.18.